The number of hydrogen-bond donors (Lipinski definition) is 2. The number of nitrogens with one attached hydrogen (secondary N) is 1. The number of carbonyl (C=O) groups excluding carboxylic acids is 2. The highest BCUT2D eigenvalue weighted by Gasteiger charge is 2.28. The smallest absolute Gasteiger partial charge is 0.321 e. The standard InChI is InChI=1S/C14H16F2N4O2S/c1-7(2)10(11(21)19-13(17)22)23-14-18-8-5-3-4-6-9(8)20(14)12(15)16/h3-7,10,12H,1-2H3,(H3,17,19,21,22). The predicted molar refractivity (Wildman–Crippen MR) is 83.2 cm³/mol. The van der Waals surface area contributed by atoms with Gasteiger partial charge in [-0.25, -0.2) is 9.78 Å². The van der Waals surface area contributed by atoms with E-state index in [-0.39, 0.29) is 16.6 Å². The van der Waals surface area contributed by atoms with E-state index in [0.717, 1.165) is 16.3 Å². The molecule has 0 fully saturated rings. The van der Waals surface area contributed by atoms with Crippen LogP contribution >= 0.6 is 11.8 Å². The number of primary amides is 1. The highest BCUT2D eigenvalue weighted by atomic mass is 32.2. The lowest BCUT2D eigenvalue weighted by atomic mass is 10.1. The lowest BCUT2D eigenvalue weighted by Crippen LogP contribution is -2.42. The van der Waals surface area contributed by atoms with Crippen molar-refractivity contribution in [3.05, 3.63) is 24.3 Å². The Morgan fingerprint density at radius 1 is 1.30 bits per heavy atom. The average Bonchev–Trinajstić information content (AvgIpc) is 2.81. The molecule has 3 N–H and O–H groups in total. The Kier molecular flexibility index (Phi) is 5.19. The maximum atomic E-state index is 13.4. The molecule has 0 spiro atoms. The molecule has 0 aliphatic carbocycles. The molecule has 0 aliphatic rings. The lowest BCUT2D eigenvalue weighted by Gasteiger charge is -2.18. The molecule has 1 atom stereocenters. The van der Waals surface area contributed by atoms with Crippen molar-refractivity contribution in [1.82, 2.24) is 14.9 Å². The van der Waals surface area contributed by atoms with E-state index in [1.165, 1.54) is 6.07 Å². The number of fused-ring (bicyclic) bond motifs is 1. The number of hydrogen-bond acceptors (Lipinski definition) is 4. The van der Waals surface area contributed by atoms with E-state index in [9.17, 15) is 18.4 Å². The third-order valence-corrected chi connectivity index (χ3v) is 4.61. The van der Waals surface area contributed by atoms with Crippen LogP contribution in [0.1, 0.15) is 20.4 Å². The first-order valence-corrected chi connectivity index (χ1v) is 7.71. The molecule has 3 amide bonds. The summed E-state index contributed by atoms with van der Waals surface area (Å²) >= 11 is 0.880. The molecule has 0 aliphatic heterocycles. The van der Waals surface area contributed by atoms with Crippen LogP contribution in [0.4, 0.5) is 13.6 Å². The number of thioether (sulfide) groups is 1. The van der Waals surface area contributed by atoms with E-state index in [1.807, 2.05) is 5.32 Å². The number of alkyl halides is 2. The number of halogens is 2. The summed E-state index contributed by atoms with van der Waals surface area (Å²) in [4.78, 5) is 27.1. The first kappa shape index (κ1) is 17.2. The minimum absolute atomic E-state index is 0.0134. The van der Waals surface area contributed by atoms with Gasteiger partial charge < -0.3 is 5.73 Å². The van der Waals surface area contributed by atoms with Crippen LogP contribution in [0.2, 0.25) is 0 Å². The van der Waals surface area contributed by atoms with Gasteiger partial charge >= 0.3 is 12.6 Å². The molecule has 0 bridgehead atoms. The van der Waals surface area contributed by atoms with E-state index in [0.29, 0.717) is 5.52 Å². The second-order valence-electron chi connectivity index (χ2n) is 5.17. The summed E-state index contributed by atoms with van der Waals surface area (Å²) < 4.78 is 27.5. The monoisotopic (exact) mass is 342 g/mol. The van der Waals surface area contributed by atoms with Crippen LogP contribution in [-0.4, -0.2) is 26.7 Å². The van der Waals surface area contributed by atoms with Gasteiger partial charge in [0.15, 0.2) is 5.16 Å². The highest BCUT2D eigenvalue weighted by molar-refractivity contribution is 8.00. The molecule has 1 unspecified atom stereocenters. The number of urea groups is 1. The third kappa shape index (κ3) is 3.79. The first-order chi connectivity index (χ1) is 10.8. The number of nitrogens with two attached hydrogens (primary N) is 1. The van der Waals surface area contributed by atoms with E-state index >= 15 is 0 Å². The minimum atomic E-state index is -2.79. The van der Waals surface area contributed by atoms with Gasteiger partial charge in [-0.05, 0) is 18.1 Å². The Morgan fingerprint density at radius 3 is 2.52 bits per heavy atom. The molecule has 2 aromatic rings. The number of imidazole rings is 1. The van der Waals surface area contributed by atoms with E-state index in [2.05, 4.69) is 4.98 Å². The Labute approximate surface area is 135 Å². The average molecular weight is 342 g/mol. The van der Waals surface area contributed by atoms with Crippen molar-refractivity contribution >= 4 is 34.7 Å². The van der Waals surface area contributed by atoms with Crippen LogP contribution in [0.15, 0.2) is 29.4 Å². The molecule has 0 saturated carbocycles. The number of aromatic nitrogens is 2. The van der Waals surface area contributed by atoms with Gasteiger partial charge in [-0.1, -0.05) is 37.7 Å². The van der Waals surface area contributed by atoms with Crippen LogP contribution in [-0.2, 0) is 4.79 Å². The van der Waals surface area contributed by atoms with Crippen molar-refractivity contribution in [2.45, 2.75) is 30.8 Å². The fourth-order valence-electron chi connectivity index (χ4n) is 2.09. The van der Waals surface area contributed by atoms with Crippen molar-refractivity contribution in [3.8, 4) is 0 Å². The third-order valence-electron chi connectivity index (χ3n) is 3.10. The van der Waals surface area contributed by atoms with Crippen LogP contribution in [0.25, 0.3) is 11.0 Å². The molecule has 124 valence electrons. The second-order valence-corrected chi connectivity index (χ2v) is 6.28. The van der Waals surface area contributed by atoms with Crippen molar-refractivity contribution in [2.75, 3.05) is 0 Å². The van der Waals surface area contributed by atoms with Crippen molar-refractivity contribution in [3.63, 3.8) is 0 Å². The van der Waals surface area contributed by atoms with Crippen molar-refractivity contribution in [1.29, 1.82) is 0 Å². The molecule has 0 saturated heterocycles. The number of para-hydroxylation sites is 2. The van der Waals surface area contributed by atoms with Crippen LogP contribution in [0, 0.1) is 5.92 Å². The zero-order chi connectivity index (χ0) is 17.1. The normalized spacial score (nSPS) is 12.8. The van der Waals surface area contributed by atoms with Crippen LogP contribution < -0.4 is 11.1 Å². The number of benzene rings is 1. The fraction of sp³-hybridized carbons (Fsp3) is 0.357. The highest BCUT2D eigenvalue weighted by Crippen LogP contribution is 2.33. The summed E-state index contributed by atoms with van der Waals surface area (Å²) in [6.07, 6.45) is 0. The second kappa shape index (κ2) is 6.95. The molecular formula is C14H16F2N4O2S. The molecule has 23 heavy (non-hydrogen) atoms. The minimum Gasteiger partial charge on any atom is -0.351 e. The molecule has 1 aromatic carbocycles. The van der Waals surface area contributed by atoms with E-state index in [1.54, 1.807) is 32.0 Å². The summed E-state index contributed by atoms with van der Waals surface area (Å²) in [5.41, 5.74) is 5.63. The molecule has 1 heterocycles. The van der Waals surface area contributed by atoms with Gasteiger partial charge in [0.1, 0.15) is 0 Å². The number of carbonyl (C=O) groups is 2. The summed E-state index contributed by atoms with van der Waals surface area (Å²) in [5.74, 6) is -0.851. The number of amides is 3. The zero-order valence-electron chi connectivity index (χ0n) is 12.5. The van der Waals surface area contributed by atoms with Gasteiger partial charge in [-0.3, -0.25) is 14.7 Å². The Bertz CT molecular complexity index is 733. The van der Waals surface area contributed by atoms with Gasteiger partial charge in [0.05, 0.1) is 16.3 Å². The summed E-state index contributed by atoms with van der Waals surface area (Å²) in [5, 5.41) is 1.21. The van der Waals surface area contributed by atoms with Gasteiger partial charge in [0.25, 0.3) is 0 Å². The van der Waals surface area contributed by atoms with Gasteiger partial charge in [0, 0.05) is 0 Å². The summed E-state index contributed by atoms with van der Waals surface area (Å²) in [6, 6.07) is 5.50. The summed E-state index contributed by atoms with van der Waals surface area (Å²) in [7, 11) is 0. The first-order valence-electron chi connectivity index (χ1n) is 6.83. The molecular weight excluding hydrogens is 326 g/mol. The van der Waals surface area contributed by atoms with Gasteiger partial charge in [-0.2, -0.15) is 8.78 Å². The maximum absolute atomic E-state index is 13.4. The predicted octanol–water partition coefficient (Wildman–Crippen LogP) is 2.74. The van der Waals surface area contributed by atoms with E-state index in [4.69, 9.17) is 5.73 Å². The zero-order valence-corrected chi connectivity index (χ0v) is 13.3. The number of nitrogens with zero attached hydrogens (tertiary/aromatic N) is 2. The van der Waals surface area contributed by atoms with Crippen molar-refractivity contribution < 1.29 is 18.4 Å². The van der Waals surface area contributed by atoms with Crippen LogP contribution in [0.3, 0.4) is 0 Å². The van der Waals surface area contributed by atoms with Crippen LogP contribution in [0.5, 0.6) is 0 Å². The SMILES string of the molecule is CC(C)C(Sc1nc2ccccc2n1C(F)F)C(=O)NC(N)=O. The molecule has 6 nitrogen and oxygen atoms in total. The number of imide groups is 1. The largest absolute Gasteiger partial charge is 0.351 e. The van der Waals surface area contributed by atoms with E-state index < -0.39 is 23.7 Å². The van der Waals surface area contributed by atoms with Crippen molar-refractivity contribution in [2.24, 2.45) is 11.7 Å². The molecule has 2 rings (SSSR count). The van der Waals surface area contributed by atoms with Gasteiger partial charge in [-0.15, -0.1) is 0 Å². The maximum Gasteiger partial charge on any atom is 0.321 e. The Hall–Kier alpha value is -2.16. The lowest BCUT2D eigenvalue weighted by molar-refractivity contribution is -0.120. The molecule has 1 aromatic heterocycles. The molecule has 9 heteroatoms. The van der Waals surface area contributed by atoms with Gasteiger partial charge in [0.2, 0.25) is 5.91 Å². The quantitative estimate of drug-likeness (QED) is 0.818. The Balaban J connectivity index is 2.40. The number of rotatable bonds is 5. The fourth-order valence-corrected chi connectivity index (χ4v) is 3.20. The topological polar surface area (TPSA) is 90.0 Å². The molecule has 0 radical (unpaired) electrons. The Morgan fingerprint density at radius 2 is 1.96 bits per heavy atom. The summed E-state index contributed by atoms with van der Waals surface area (Å²) in [6.45, 7) is 0.693.